The average molecular weight is 402 g/mol. The number of piperazine rings is 1. The molecule has 1 atom stereocenters. The van der Waals surface area contributed by atoms with Gasteiger partial charge in [0.2, 0.25) is 0 Å². The number of hydrogen-bond acceptors (Lipinski definition) is 5. The van der Waals surface area contributed by atoms with E-state index in [1.54, 1.807) is 30.0 Å². The van der Waals surface area contributed by atoms with Crippen molar-refractivity contribution in [2.75, 3.05) is 37.7 Å². The molecule has 0 bridgehead atoms. The van der Waals surface area contributed by atoms with Crippen molar-refractivity contribution in [3.63, 3.8) is 0 Å². The maximum absolute atomic E-state index is 13.9. The molecule has 2 aromatic rings. The van der Waals surface area contributed by atoms with Crippen LogP contribution < -0.4 is 4.90 Å². The maximum atomic E-state index is 13.9. The van der Waals surface area contributed by atoms with Gasteiger partial charge in [-0.25, -0.2) is 4.39 Å². The van der Waals surface area contributed by atoms with Crippen molar-refractivity contribution < 1.29 is 18.7 Å². The Balaban J connectivity index is 1.43. The van der Waals surface area contributed by atoms with Gasteiger partial charge in [-0.15, -0.1) is 11.8 Å². The van der Waals surface area contributed by atoms with Gasteiger partial charge in [-0.3, -0.25) is 9.59 Å². The average Bonchev–Trinajstić information content (AvgIpc) is 2.73. The predicted molar refractivity (Wildman–Crippen MR) is 108 cm³/mol. The van der Waals surface area contributed by atoms with Gasteiger partial charge in [-0.1, -0.05) is 30.3 Å². The van der Waals surface area contributed by atoms with Gasteiger partial charge in [0.1, 0.15) is 11.1 Å². The number of amides is 1. The number of halogens is 1. The van der Waals surface area contributed by atoms with E-state index in [0.717, 1.165) is 4.90 Å². The number of benzene rings is 2. The fourth-order valence-electron chi connectivity index (χ4n) is 3.00. The zero-order valence-corrected chi connectivity index (χ0v) is 16.5. The van der Waals surface area contributed by atoms with Crippen molar-refractivity contribution >= 4 is 29.3 Å². The number of nitrogens with zero attached hydrogens (tertiary/aromatic N) is 2. The summed E-state index contributed by atoms with van der Waals surface area (Å²) in [6.07, 6.45) is 0. The number of rotatable bonds is 6. The standard InChI is InChI=1S/C21H23FN2O3S/c1-16(28-17-7-3-2-4-8-17)21(26)27-15-20(25)24-13-11-23(12-14-24)19-10-6-5-9-18(19)22/h2-10,16H,11-15H2,1H3/t16-/m1/s1. The molecule has 0 unspecified atom stereocenters. The van der Waals surface area contributed by atoms with Crippen LogP contribution in [0.4, 0.5) is 10.1 Å². The Hall–Kier alpha value is -2.54. The molecule has 148 valence electrons. The van der Waals surface area contributed by atoms with E-state index in [-0.39, 0.29) is 18.3 Å². The number of thioether (sulfide) groups is 1. The minimum atomic E-state index is -0.410. The first kappa shape index (κ1) is 20.2. The Morgan fingerprint density at radius 2 is 1.68 bits per heavy atom. The highest BCUT2D eigenvalue weighted by atomic mass is 32.2. The first-order chi connectivity index (χ1) is 13.5. The van der Waals surface area contributed by atoms with Crippen LogP contribution in [0.1, 0.15) is 6.92 Å². The Morgan fingerprint density at radius 1 is 1.04 bits per heavy atom. The predicted octanol–water partition coefficient (Wildman–Crippen LogP) is 3.20. The van der Waals surface area contributed by atoms with Gasteiger partial charge in [0.15, 0.2) is 6.61 Å². The lowest BCUT2D eigenvalue weighted by Gasteiger charge is -2.36. The summed E-state index contributed by atoms with van der Waals surface area (Å²) in [7, 11) is 0. The van der Waals surface area contributed by atoms with Gasteiger partial charge >= 0.3 is 5.97 Å². The number of carbonyl (C=O) groups is 2. The Labute approximate surface area is 168 Å². The van der Waals surface area contributed by atoms with Gasteiger partial charge < -0.3 is 14.5 Å². The Bertz CT molecular complexity index is 810. The molecule has 1 fully saturated rings. The van der Waals surface area contributed by atoms with Gasteiger partial charge in [0.05, 0.1) is 5.69 Å². The summed E-state index contributed by atoms with van der Waals surface area (Å²) in [5.74, 6) is -0.897. The van der Waals surface area contributed by atoms with Gasteiger partial charge in [0, 0.05) is 31.1 Å². The van der Waals surface area contributed by atoms with E-state index in [1.165, 1.54) is 17.8 Å². The molecule has 7 heteroatoms. The number of carbonyl (C=O) groups excluding carboxylic acids is 2. The molecular weight excluding hydrogens is 379 g/mol. The summed E-state index contributed by atoms with van der Waals surface area (Å²) in [5.41, 5.74) is 0.549. The lowest BCUT2D eigenvalue weighted by atomic mass is 10.2. The van der Waals surface area contributed by atoms with Crippen LogP contribution in [0.15, 0.2) is 59.5 Å². The van der Waals surface area contributed by atoms with E-state index in [0.29, 0.717) is 31.9 Å². The highest BCUT2D eigenvalue weighted by Crippen LogP contribution is 2.23. The van der Waals surface area contributed by atoms with E-state index < -0.39 is 11.2 Å². The van der Waals surface area contributed by atoms with E-state index in [4.69, 9.17) is 4.74 Å². The molecule has 0 spiro atoms. The molecule has 1 amide bonds. The molecule has 28 heavy (non-hydrogen) atoms. The third kappa shape index (κ3) is 5.25. The van der Waals surface area contributed by atoms with Gasteiger partial charge in [0.25, 0.3) is 5.91 Å². The number of para-hydroxylation sites is 1. The van der Waals surface area contributed by atoms with Crippen LogP contribution >= 0.6 is 11.8 Å². The molecule has 2 aromatic carbocycles. The molecule has 1 aliphatic rings. The molecule has 0 N–H and O–H groups in total. The summed E-state index contributed by atoms with van der Waals surface area (Å²) >= 11 is 1.40. The SMILES string of the molecule is C[C@@H](Sc1ccccc1)C(=O)OCC(=O)N1CCN(c2ccccc2F)CC1. The minimum absolute atomic E-state index is 0.224. The number of hydrogen-bond donors (Lipinski definition) is 0. The largest absolute Gasteiger partial charge is 0.455 e. The lowest BCUT2D eigenvalue weighted by molar-refractivity contribution is -0.151. The van der Waals surface area contributed by atoms with E-state index >= 15 is 0 Å². The smallest absolute Gasteiger partial charge is 0.319 e. The molecule has 3 rings (SSSR count). The second kappa shape index (κ2) is 9.59. The number of esters is 1. The van der Waals surface area contributed by atoms with Crippen LogP contribution in [0.5, 0.6) is 0 Å². The van der Waals surface area contributed by atoms with Crippen molar-refractivity contribution in [2.45, 2.75) is 17.1 Å². The fourth-order valence-corrected chi connectivity index (χ4v) is 3.88. The Morgan fingerprint density at radius 3 is 2.36 bits per heavy atom. The number of ether oxygens (including phenoxy) is 1. The molecule has 5 nitrogen and oxygen atoms in total. The topological polar surface area (TPSA) is 49.9 Å². The van der Waals surface area contributed by atoms with Crippen molar-refractivity contribution in [1.82, 2.24) is 4.90 Å². The maximum Gasteiger partial charge on any atom is 0.319 e. The van der Waals surface area contributed by atoms with Gasteiger partial charge in [-0.2, -0.15) is 0 Å². The van der Waals surface area contributed by atoms with Crippen LogP contribution in [-0.2, 0) is 14.3 Å². The zero-order chi connectivity index (χ0) is 19.9. The summed E-state index contributed by atoms with van der Waals surface area (Å²) in [5, 5.41) is -0.395. The quantitative estimate of drug-likeness (QED) is 0.549. The molecule has 0 radical (unpaired) electrons. The second-order valence-corrected chi connectivity index (χ2v) is 7.91. The summed E-state index contributed by atoms with van der Waals surface area (Å²) in [6.45, 7) is 3.52. The highest BCUT2D eigenvalue weighted by Gasteiger charge is 2.24. The van der Waals surface area contributed by atoms with Crippen molar-refractivity contribution in [3.8, 4) is 0 Å². The summed E-state index contributed by atoms with van der Waals surface area (Å²) < 4.78 is 19.1. The third-order valence-corrected chi connectivity index (χ3v) is 5.64. The fraction of sp³-hybridized carbons (Fsp3) is 0.333. The monoisotopic (exact) mass is 402 g/mol. The summed E-state index contributed by atoms with van der Waals surface area (Å²) in [4.78, 5) is 29.0. The molecular formula is C21H23FN2O3S. The molecule has 1 heterocycles. The Kier molecular flexibility index (Phi) is 6.92. The van der Waals surface area contributed by atoms with Crippen molar-refractivity contribution in [1.29, 1.82) is 0 Å². The van der Waals surface area contributed by atoms with Crippen LogP contribution in [0, 0.1) is 5.82 Å². The zero-order valence-electron chi connectivity index (χ0n) is 15.7. The molecule has 1 saturated heterocycles. The molecule has 0 aromatic heterocycles. The normalized spacial score (nSPS) is 15.2. The third-order valence-electron chi connectivity index (χ3n) is 4.55. The van der Waals surface area contributed by atoms with Crippen molar-refractivity contribution in [3.05, 3.63) is 60.4 Å². The highest BCUT2D eigenvalue weighted by molar-refractivity contribution is 8.00. The first-order valence-corrected chi connectivity index (χ1v) is 10.1. The van der Waals surface area contributed by atoms with E-state index in [1.807, 2.05) is 35.2 Å². The van der Waals surface area contributed by atoms with E-state index in [9.17, 15) is 14.0 Å². The number of anilines is 1. The molecule has 0 saturated carbocycles. The van der Waals surface area contributed by atoms with Crippen LogP contribution in [0.25, 0.3) is 0 Å². The van der Waals surface area contributed by atoms with E-state index in [2.05, 4.69) is 0 Å². The lowest BCUT2D eigenvalue weighted by Crippen LogP contribution is -2.50. The van der Waals surface area contributed by atoms with Gasteiger partial charge in [-0.05, 0) is 31.2 Å². The van der Waals surface area contributed by atoms with Crippen molar-refractivity contribution in [2.24, 2.45) is 0 Å². The first-order valence-electron chi connectivity index (χ1n) is 9.20. The van der Waals surface area contributed by atoms with Crippen LogP contribution in [0.3, 0.4) is 0 Å². The van der Waals surface area contributed by atoms with Crippen LogP contribution in [-0.4, -0.2) is 54.8 Å². The molecule has 1 aliphatic heterocycles. The minimum Gasteiger partial charge on any atom is -0.455 e. The van der Waals surface area contributed by atoms with Crippen LogP contribution in [0.2, 0.25) is 0 Å². The molecule has 0 aliphatic carbocycles. The second-order valence-electron chi connectivity index (χ2n) is 6.50. The summed E-state index contributed by atoms with van der Waals surface area (Å²) in [6, 6.07) is 16.2.